The van der Waals surface area contributed by atoms with Gasteiger partial charge in [0.1, 0.15) is 12.2 Å². The number of allylic oxidation sites excluding steroid dienone is 1. The van der Waals surface area contributed by atoms with Gasteiger partial charge in [0.15, 0.2) is 0 Å². The third kappa shape index (κ3) is 38.5. The van der Waals surface area contributed by atoms with Crippen molar-refractivity contribution in [3.05, 3.63) is 12.2 Å². The van der Waals surface area contributed by atoms with E-state index in [1.54, 1.807) is 0 Å². The fourth-order valence-electron chi connectivity index (χ4n) is 2.48. The highest BCUT2D eigenvalue weighted by Gasteiger charge is 2.00. The Morgan fingerprint density at radius 2 is 1.15 bits per heavy atom. The summed E-state index contributed by atoms with van der Waals surface area (Å²) in [6, 6.07) is 0. The van der Waals surface area contributed by atoms with Crippen LogP contribution in [0.15, 0.2) is 12.2 Å². The number of hydrogen-bond acceptors (Lipinski definition) is 8. The van der Waals surface area contributed by atoms with Crippen molar-refractivity contribution in [2.75, 3.05) is 26.4 Å². The van der Waals surface area contributed by atoms with Crippen LogP contribution in [0.25, 0.3) is 0 Å². The molecule has 8 N–H and O–H groups in total. The van der Waals surface area contributed by atoms with Gasteiger partial charge in [0.2, 0.25) is 0 Å². The van der Waals surface area contributed by atoms with Crippen molar-refractivity contribution < 1.29 is 45.6 Å². The monoisotopic (exact) mass is 482 g/mol. The van der Waals surface area contributed by atoms with Gasteiger partial charge in [-0.1, -0.05) is 64.0 Å². The third-order valence-electron chi connectivity index (χ3n) is 4.57. The Morgan fingerprint density at radius 1 is 0.667 bits per heavy atom. The summed E-state index contributed by atoms with van der Waals surface area (Å²) in [6.45, 7) is 0.741. The van der Waals surface area contributed by atoms with E-state index in [9.17, 15) is 9.90 Å². The number of carbonyl (C=O) groups is 1. The number of aliphatic carboxylic acids is 1. The molecule has 1 atom stereocenters. The Hall–Kier alpha value is -1.07. The van der Waals surface area contributed by atoms with Crippen molar-refractivity contribution in [1.82, 2.24) is 0 Å². The lowest BCUT2D eigenvalue weighted by molar-refractivity contribution is -0.137. The molecule has 0 saturated heterocycles. The predicted octanol–water partition coefficient (Wildman–Crippen LogP) is 1.74. The summed E-state index contributed by atoms with van der Waals surface area (Å²) in [4.78, 5) is 10.3. The first-order valence-electron chi connectivity index (χ1n) is 12.1. The van der Waals surface area contributed by atoms with Crippen molar-refractivity contribution in [2.24, 2.45) is 0 Å². The van der Waals surface area contributed by atoms with Gasteiger partial charge < -0.3 is 40.9 Å². The lowest BCUT2D eigenvalue weighted by Crippen LogP contribution is -2.15. The van der Waals surface area contributed by atoms with Crippen molar-refractivity contribution in [3.8, 4) is 0 Å². The number of hydrogen-bond donors (Lipinski definition) is 8. The van der Waals surface area contributed by atoms with Crippen LogP contribution in [0.3, 0.4) is 0 Å². The van der Waals surface area contributed by atoms with E-state index in [1.165, 1.54) is 25.7 Å². The Labute approximate surface area is 199 Å². The maximum Gasteiger partial charge on any atom is 0.303 e. The van der Waals surface area contributed by atoms with E-state index in [0.717, 1.165) is 51.4 Å². The molecule has 0 saturated carbocycles. The van der Waals surface area contributed by atoms with Crippen LogP contribution >= 0.6 is 0 Å². The van der Waals surface area contributed by atoms with Gasteiger partial charge in [0.05, 0.1) is 32.5 Å². The molecular formula is C24H50O9. The number of carboxylic acids is 1. The normalized spacial score (nSPS) is 11.8. The maximum absolute atomic E-state index is 10.3. The number of aliphatic hydroxyl groups is 7. The van der Waals surface area contributed by atoms with E-state index in [1.807, 2.05) is 0 Å². The van der Waals surface area contributed by atoms with E-state index < -0.39 is 18.2 Å². The molecule has 0 aliphatic carbocycles. The van der Waals surface area contributed by atoms with Gasteiger partial charge in [-0.25, -0.2) is 0 Å². The molecule has 0 aromatic rings. The Morgan fingerprint density at radius 3 is 1.61 bits per heavy atom. The zero-order valence-corrected chi connectivity index (χ0v) is 20.4. The van der Waals surface area contributed by atoms with Gasteiger partial charge >= 0.3 is 5.97 Å². The van der Waals surface area contributed by atoms with E-state index in [-0.39, 0.29) is 32.5 Å². The van der Waals surface area contributed by atoms with E-state index >= 15 is 0 Å². The minimum absolute atomic E-state index is 0.172. The van der Waals surface area contributed by atoms with Crippen LogP contribution < -0.4 is 0 Å². The Balaban J connectivity index is -0.000000611. The number of unbranched alkanes of at least 4 members (excludes halogenated alkanes) is 8. The molecule has 0 aliphatic rings. The zero-order valence-electron chi connectivity index (χ0n) is 20.4. The van der Waals surface area contributed by atoms with Gasteiger partial charge in [-0.3, -0.25) is 4.79 Å². The molecule has 0 amide bonds. The molecule has 0 fully saturated rings. The van der Waals surface area contributed by atoms with Crippen molar-refractivity contribution >= 4 is 5.97 Å². The number of aliphatic hydroxyl groups excluding tert-OH is 7. The highest BCUT2D eigenvalue weighted by molar-refractivity contribution is 5.66. The second-order valence-electron chi connectivity index (χ2n) is 7.95. The highest BCUT2D eigenvalue weighted by atomic mass is 16.4. The Bertz CT molecular complexity index is 387. The SMILES string of the molecule is CCCCCC[C@@H](O)C/C=C\CCCCCCCC(=O)O.OCC(O)CO.OCC(O)CO. The minimum atomic E-state index is -0.954. The lowest BCUT2D eigenvalue weighted by Gasteiger charge is -2.07. The molecule has 9 nitrogen and oxygen atoms in total. The number of rotatable bonds is 19. The van der Waals surface area contributed by atoms with Crippen molar-refractivity contribution in [2.45, 2.75) is 109 Å². The van der Waals surface area contributed by atoms with Crippen LogP contribution in [0, 0.1) is 0 Å². The first-order valence-corrected chi connectivity index (χ1v) is 12.1. The first kappa shape index (κ1) is 36.5. The van der Waals surface area contributed by atoms with Crippen LogP contribution in [-0.2, 0) is 4.79 Å². The second kappa shape index (κ2) is 30.9. The summed E-state index contributed by atoms with van der Waals surface area (Å²) in [5, 5.41) is 66.3. The topological polar surface area (TPSA) is 179 Å². The molecule has 0 spiro atoms. The summed E-state index contributed by atoms with van der Waals surface area (Å²) in [5.74, 6) is -0.689. The quantitative estimate of drug-likeness (QED) is 0.100. The predicted molar refractivity (Wildman–Crippen MR) is 129 cm³/mol. The van der Waals surface area contributed by atoms with Crippen LogP contribution in [0.4, 0.5) is 0 Å². The van der Waals surface area contributed by atoms with Gasteiger partial charge in [0.25, 0.3) is 0 Å². The van der Waals surface area contributed by atoms with E-state index in [2.05, 4.69) is 19.1 Å². The fraction of sp³-hybridized carbons (Fsp3) is 0.875. The summed E-state index contributed by atoms with van der Waals surface area (Å²) >= 11 is 0. The average Bonchev–Trinajstić information content (AvgIpc) is 2.82. The number of carboxylic acid groups (broad SMARTS) is 1. The maximum atomic E-state index is 10.3. The molecule has 33 heavy (non-hydrogen) atoms. The summed E-state index contributed by atoms with van der Waals surface area (Å²) in [5.41, 5.74) is 0. The minimum Gasteiger partial charge on any atom is -0.481 e. The largest absolute Gasteiger partial charge is 0.481 e. The van der Waals surface area contributed by atoms with Gasteiger partial charge in [-0.2, -0.15) is 0 Å². The molecule has 200 valence electrons. The highest BCUT2D eigenvalue weighted by Crippen LogP contribution is 2.10. The van der Waals surface area contributed by atoms with Gasteiger partial charge in [-0.15, -0.1) is 0 Å². The molecule has 0 radical (unpaired) electrons. The van der Waals surface area contributed by atoms with Crippen LogP contribution in [0.1, 0.15) is 90.4 Å². The molecule has 0 aromatic heterocycles. The van der Waals surface area contributed by atoms with Gasteiger partial charge in [0, 0.05) is 6.42 Å². The standard InChI is InChI=1S/C18H34O3.2C3H8O3/c1-2-3-4-11-14-17(19)15-12-9-7-5-6-8-10-13-16-18(20)21;2*4-1-3(6)2-5/h9,12,17,19H,2-8,10-11,13-16H2,1H3,(H,20,21);2*3-6H,1-2H2/b12-9-;;/t17-;;/m1../s1. The summed E-state index contributed by atoms with van der Waals surface area (Å²) in [6.07, 6.45) is 15.4. The second-order valence-corrected chi connectivity index (χ2v) is 7.95. The average molecular weight is 483 g/mol. The molecule has 0 aliphatic heterocycles. The van der Waals surface area contributed by atoms with Gasteiger partial charge in [-0.05, 0) is 32.1 Å². The van der Waals surface area contributed by atoms with Crippen LogP contribution in [0.2, 0.25) is 0 Å². The van der Waals surface area contributed by atoms with Crippen molar-refractivity contribution in [3.63, 3.8) is 0 Å². The van der Waals surface area contributed by atoms with E-state index in [4.69, 9.17) is 35.7 Å². The summed E-state index contributed by atoms with van der Waals surface area (Å²) in [7, 11) is 0. The lowest BCUT2D eigenvalue weighted by atomic mass is 10.1. The van der Waals surface area contributed by atoms with Crippen LogP contribution in [0.5, 0.6) is 0 Å². The molecule has 0 heterocycles. The molecule has 0 unspecified atom stereocenters. The third-order valence-corrected chi connectivity index (χ3v) is 4.57. The molecule has 0 aromatic carbocycles. The molecule has 0 rings (SSSR count). The van der Waals surface area contributed by atoms with E-state index in [0.29, 0.717) is 6.42 Å². The molecular weight excluding hydrogens is 432 g/mol. The molecule has 9 heteroatoms. The first-order chi connectivity index (χ1) is 15.8. The van der Waals surface area contributed by atoms with Crippen LogP contribution in [-0.4, -0.2) is 91.6 Å². The summed E-state index contributed by atoms with van der Waals surface area (Å²) < 4.78 is 0. The smallest absolute Gasteiger partial charge is 0.303 e. The Kier molecular flexibility index (Phi) is 34.2. The molecule has 0 bridgehead atoms. The zero-order chi connectivity index (χ0) is 25.7. The fourth-order valence-corrected chi connectivity index (χ4v) is 2.48. The van der Waals surface area contributed by atoms with Crippen molar-refractivity contribution in [1.29, 1.82) is 0 Å².